The Labute approximate surface area is 140 Å². The van der Waals surface area contributed by atoms with Gasteiger partial charge in [0.1, 0.15) is 0 Å². The van der Waals surface area contributed by atoms with E-state index in [4.69, 9.17) is 29.0 Å². The molecule has 0 fully saturated rings. The highest BCUT2D eigenvalue weighted by molar-refractivity contribution is 7.99. The van der Waals surface area contributed by atoms with Crippen molar-refractivity contribution in [2.24, 2.45) is 5.84 Å². The first-order valence-electron chi connectivity index (χ1n) is 6.68. The molecule has 0 aromatic heterocycles. The maximum Gasteiger partial charge on any atom is 0.0541 e. The second kappa shape index (κ2) is 8.06. The molecule has 2 rings (SSSR count). The minimum Gasteiger partial charge on any atom is -0.271 e. The zero-order chi connectivity index (χ0) is 15.2. The van der Waals surface area contributed by atoms with E-state index in [9.17, 15) is 0 Å². The van der Waals surface area contributed by atoms with Crippen LogP contribution < -0.4 is 11.3 Å². The number of nitrogens with one attached hydrogen (secondary N) is 1. The molecule has 0 bridgehead atoms. The van der Waals surface area contributed by atoms with Gasteiger partial charge < -0.3 is 0 Å². The summed E-state index contributed by atoms with van der Waals surface area (Å²) in [4.78, 5) is 1.06. The number of nitrogens with two attached hydrogens (primary N) is 1. The van der Waals surface area contributed by atoms with Gasteiger partial charge >= 0.3 is 0 Å². The molecule has 5 heteroatoms. The number of hydrogen-bond acceptors (Lipinski definition) is 3. The predicted molar refractivity (Wildman–Crippen MR) is 93.2 cm³/mol. The van der Waals surface area contributed by atoms with Crippen LogP contribution in [0.15, 0.2) is 47.4 Å². The fourth-order valence-corrected chi connectivity index (χ4v) is 3.59. The van der Waals surface area contributed by atoms with Crippen LogP contribution in [0.1, 0.15) is 11.1 Å². The van der Waals surface area contributed by atoms with Crippen LogP contribution in [0.2, 0.25) is 10.0 Å². The Morgan fingerprint density at radius 1 is 1.14 bits per heavy atom. The number of hydrogen-bond donors (Lipinski definition) is 2. The zero-order valence-corrected chi connectivity index (χ0v) is 14.1. The van der Waals surface area contributed by atoms with Crippen LogP contribution in [0.5, 0.6) is 0 Å². The molecule has 3 N–H and O–H groups in total. The van der Waals surface area contributed by atoms with Crippen molar-refractivity contribution >= 4 is 35.0 Å². The first-order chi connectivity index (χ1) is 10.1. The van der Waals surface area contributed by atoms with Crippen molar-refractivity contribution in [2.75, 3.05) is 5.75 Å². The zero-order valence-electron chi connectivity index (χ0n) is 11.8. The largest absolute Gasteiger partial charge is 0.271 e. The molecule has 21 heavy (non-hydrogen) atoms. The SMILES string of the molecule is Cc1ccc(CC(CSc2ccccc2Cl)NN)c(Cl)c1. The Balaban J connectivity index is 1.99. The van der Waals surface area contributed by atoms with Crippen LogP contribution >= 0.6 is 35.0 Å². The molecule has 2 aromatic rings. The van der Waals surface area contributed by atoms with Crippen molar-refractivity contribution in [3.05, 3.63) is 63.6 Å². The lowest BCUT2D eigenvalue weighted by molar-refractivity contribution is 0.575. The molecule has 1 atom stereocenters. The van der Waals surface area contributed by atoms with Crippen LogP contribution in [0, 0.1) is 6.92 Å². The highest BCUT2D eigenvalue weighted by Crippen LogP contribution is 2.28. The third-order valence-corrected chi connectivity index (χ3v) is 5.22. The summed E-state index contributed by atoms with van der Waals surface area (Å²) < 4.78 is 0. The number of halogens is 2. The van der Waals surface area contributed by atoms with Crippen molar-refractivity contribution in [1.82, 2.24) is 5.43 Å². The third-order valence-electron chi connectivity index (χ3n) is 3.19. The van der Waals surface area contributed by atoms with Crippen LogP contribution in [0.25, 0.3) is 0 Å². The van der Waals surface area contributed by atoms with Crippen molar-refractivity contribution in [1.29, 1.82) is 0 Å². The van der Waals surface area contributed by atoms with Crippen molar-refractivity contribution in [3.63, 3.8) is 0 Å². The summed E-state index contributed by atoms with van der Waals surface area (Å²) in [5.41, 5.74) is 5.12. The fraction of sp³-hybridized carbons (Fsp3) is 0.250. The maximum absolute atomic E-state index is 6.28. The summed E-state index contributed by atoms with van der Waals surface area (Å²) >= 11 is 14.1. The van der Waals surface area contributed by atoms with E-state index in [-0.39, 0.29) is 6.04 Å². The normalized spacial score (nSPS) is 12.4. The van der Waals surface area contributed by atoms with Gasteiger partial charge in [0.15, 0.2) is 0 Å². The van der Waals surface area contributed by atoms with Crippen LogP contribution in [-0.4, -0.2) is 11.8 Å². The van der Waals surface area contributed by atoms with E-state index in [1.54, 1.807) is 11.8 Å². The van der Waals surface area contributed by atoms with Gasteiger partial charge in [-0.3, -0.25) is 11.3 Å². The van der Waals surface area contributed by atoms with Crippen molar-refractivity contribution in [2.45, 2.75) is 24.3 Å². The molecular weight excluding hydrogens is 323 g/mol. The van der Waals surface area contributed by atoms with Gasteiger partial charge in [0.25, 0.3) is 0 Å². The number of benzene rings is 2. The molecule has 1 unspecified atom stereocenters. The van der Waals surface area contributed by atoms with Gasteiger partial charge in [0, 0.05) is 21.7 Å². The molecule has 0 amide bonds. The molecule has 2 nitrogen and oxygen atoms in total. The molecule has 0 heterocycles. The highest BCUT2D eigenvalue weighted by atomic mass is 35.5. The van der Waals surface area contributed by atoms with E-state index < -0.39 is 0 Å². The lowest BCUT2D eigenvalue weighted by Gasteiger charge is -2.17. The van der Waals surface area contributed by atoms with Crippen LogP contribution in [-0.2, 0) is 6.42 Å². The van der Waals surface area contributed by atoms with E-state index in [2.05, 4.69) is 17.6 Å². The predicted octanol–water partition coefficient (Wildman–Crippen LogP) is 4.47. The summed E-state index contributed by atoms with van der Waals surface area (Å²) in [6.45, 7) is 2.03. The number of thioether (sulfide) groups is 1. The van der Waals surface area contributed by atoms with E-state index in [0.717, 1.165) is 38.2 Å². The van der Waals surface area contributed by atoms with Crippen LogP contribution in [0.3, 0.4) is 0 Å². The smallest absolute Gasteiger partial charge is 0.0541 e. The number of hydrazine groups is 1. The second-order valence-corrected chi connectivity index (χ2v) is 6.78. The van der Waals surface area contributed by atoms with E-state index in [1.807, 2.05) is 37.3 Å². The average molecular weight is 341 g/mol. The summed E-state index contributed by atoms with van der Waals surface area (Å²) in [6.07, 6.45) is 0.785. The summed E-state index contributed by atoms with van der Waals surface area (Å²) in [6, 6.07) is 14.0. The Hall–Kier alpha value is -0.710. The third kappa shape index (κ3) is 4.90. The summed E-state index contributed by atoms with van der Waals surface area (Å²) in [5, 5.41) is 1.56. The summed E-state index contributed by atoms with van der Waals surface area (Å²) in [5.74, 6) is 6.49. The highest BCUT2D eigenvalue weighted by Gasteiger charge is 2.12. The first kappa shape index (κ1) is 16.7. The monoisotopic (exact) mass is 340 g/mol. The van der Waals surface area contributed by atoms with Gasteiger partial charge in [0.05, 0.1) is 5.02 Å². The topological polar surface area (TPSA) is 38.0 Å². The van der Waals surface area contributed by atoms with Crippen molar-refractivity contribution in [3.8, 4) is 0 Å². The Bertz CT molecular complexity index is 605. The molecule has 112 valence electrons. The molecular formula is C16H18Cl2N2S. The molecule has 2 aromatic carbocycles. The number of aryl methyl sites for hydroxylation is 1. The van der Waals surface area contributed by atoms with Gasteiger partial charge in [-0.2, -0.15) is 0 Å². The molecule has 0 aliphatic carbocycles. The Morgan fingerprint density at radius 2 is 1.90 bits per heavy atom. The lowest BCUT2D eigenvalue weighted by Crippen LogP contribution is -2.38. The molecule has 0 saturated heterocycles. The Morgan fingerprint density at radius 3 is 2.57 bits per heavy atom. The van der Waals surface area contributed by atoms with Gasteiger partial charge in [-0.05, 0) is 42.7 Å². The lowest BCUT2D eigenvalue weighted by atomic mass is 10.1. The van der Waals surface area contributed by atoms with E-state index >= 15 is 0 Å². The molecule has 0 aliphatic rings. The molecule has 0 saturated carbocycles. The van der Waals surface area contributed by atoms with Gasteiger partial charge in [-0.25, -0.2) is 0 Å². The average Bonchev–Trinajstić information content (AvgIpc) is 2.47. The quantitative estimate of drug-likeness (QED) is 0.463. The van der Waals surface area contributed by atoms with Crippen molar-refractivity contribution < 1.29 is 0 Å². The number of rotatable bonds is 6. The first-order valence-corrected chi connectivity index (χ1v) is 8.43. The Kier molecular flexibility index (Phi) is 6.40. The molecule has 0 aliphatic heterocycles. The summed E-state index contributed by atoms with van der Waals surface area (Å²) in [7, 11) is 0. The van der Waals surface area contributed by atoms with Gasteiger partial charge in [-0.15, -0.1) is 11.8 Å². The van der Waals surface area contributed by atoms with E-state index in [0.29, 0.717) is 0 Å². The van der Waals surface area contributed by atoms with E-state index in [1.165, 1.54) is 0 Å². The van der Waals surface area contributed by atoms with Crippen LogP contribution in [0.4, 0.5) is 0 Å². The fourth-order valence-electron chi connectivity index (χ4n) is 2.00. The molecule has 0 spiro atoms. The van der Waals surface area contributed by atoms with Gasteiger partial charge in [-0.1, -0.05) is 47.5 Å². The minimum absolute atomic E-state index is 0.131. The molecule has 0 radical (unpaired) electrons. The van der Waals surface area contributed by atoms with Gasteiger partial charge in [0.2, 0.25) is 0 Å². The maximum atomic E-state index is 6.28. The second-order valence-electron chi connectivity index (χ2n) is 4.90. The minimum atomic E-state index is 0.131. The standard InChI is InChI=1S/C16H18Cl2N2S/c1-11-6-7-12(15(18)8-11)9-13(20-19)10-21-16-5-3-2-4-14(16)17/h2-8,13,20H,9-10,19H2,1H3.